The monoisotopic (exact) mass is 458 g/mol. The molecule has 3 rings (SSSR count). The van der Waals surface area contributed by atoms with Crippen LogP contribution < -0.4 is 5.32 Å². The third-order valence-electron chi connectivity index (χ3n) is 5.56. The summed E-state index contributed by atoms with van der Waals surface area (Å²) >= 11 is 0. The van der Waals surface area contributed by atoms with Crippen LogP contribution in [0.5, 0.6) is 0 Å². The summed E-state index contributed by atoms with van der Waals surface area (Å²) in [4.78, 5) is 24.6. The second-order valence-corrected chi connectivity index (χ2v) is 10.7. The van der Waals surface area contributed by atoms with Gasteiger partial charge in [-0.15, -0.1) is 0 Å². The lowest BCUT2D eigenvalue weighted by Crippen LogP contribution is -2.42. The first-order chi connectivity index (χ1) is 15.1. The molecule has 0 unspecified atom stereocenters. The van der Waals surface area contributed by atoms with Gasteiger partial charge in [0.25, 0.3) is 5.91 Å². The summed E-state index contributed by atoms with van der Waals surface area (Å²) in [6.07, 6.45) is 1.01. The molecule has 32 heavy (non-hydrogen) atoms. The second-order valence-electron chi connectivity index (χ2n) is 8.74. The fourth-order valence-electron chi connectivity index (χ4n) is 3.99. The molecule has 0 spiro atoms. The summed E-state index contributed by atoms with van der Waals surface area (Å²) in [6, 6.07) is 11.3. The van der Waals surface area contributed by atoms with Crippen molar-refractivity contribution in [3.63, 3.8) is 0 Å². The zero-order valence-electron chi connectivity index (χ0n) is 18.9. The highest BCUT2D eigenvalue weighted by Gasteiger charge is 2.31. The zero-order valence-corrected chi connectivity index (χ0v) is 19.7. The van der Waals surface area contributed by atoms with Gasteiger partial charge in [0.05, 0.1) is 10.5 Å². The zero-order chi connectivity index (χ0) is 23.5. The number of nitrogens with zero attached hydrogens (tertiary/aromatic N) is 1. The predicted molar refractivity (Wildman–Crippen MR) is 123 cm³/mol. The minimum atomic E-state index is -3.62. The molecule has 2 atom stereocenters. The fourth-order valence-corrected chi connectivity index (χ4v) is 5.66. The molecule has 8 heteroatoms. The van der Waals surface area contributed by atoms with E-state index in [0.29, 0.717) is 30.6 Å². The van der Waals surface area contributed by atoms with Gasteiger partial charge in [-0.1, -0.05) is 26.0 Å². The van der Waals surface area contributed by atoms with Crippen LogP contribution in [0.15, 0.2) is 47.4 Å². The van der Waals surface area contributed by atoms with E-state index in [1.807, 2.05) is 45.9 Å². The molecule has 0 bridgehead atoms. The van der Waals surface area contributed by atoms with E-state index in [4.69, 9.17) is 4.74 Å². The van der Waals surface area contributed by atoms with Crippen LogP contribution in [0.4, 0.5) is 5.69 Å². The Morgan fingerprint density at radius 3 is 2.28 bits per heavy atom. The van der Waals surface area contributed by atoms with Crippen LogP contribution in [0.3, 0.4) is 0 Å². The first kappa shape index (κ1) is 23.9. The van der Waals surface area contributed by atoms with Crippen molar-refractivity contribution in [2.45, 2.75) is 39.0 Å². The van der Waals surface area contributed by atoms with E-state index >= 15 is 0 Å². The Bertz CT molecular complexity index is 1090. The smallest absolute Gasteiger partial charge is 0.338 e. The number of carbonyl (C=O) groups is 2. The lowest BCUT2D eigenvalue weighted by atomic mass is 9.94. The number of carbonyl (C=O) groups excluding carboxylic acids is 2. The average molecular weight is 459 g/mol. The van der Waals surface area contributed by atoms with E-state index in [0.717, 1.165) is 17.5 Å². The Hall–Kier alpha value is -2.71. The maximum atomic E-state index is 13.0. The number of esters is 1. The van der Waals surface area contributed by atoms with E-state index in [1.54, 1.807) is 0 Å². The van der Waals surface area contributed by atoms with Gasteiger partial charge in [0, 0.05) is 18.8 Å². The predicted octanol–water partition coefficient (Wildman–Crippen LogP) is 3.77. The van der Waals surface area contributed by atoms with Crippen molar-refractivity contribution in [3.8, 4) is 0 Å². The first-order valence-electron chi connectivity index (χ1n) is 10.7. The van der Waals surface area contributed by atoms with Crippen molar-refractivity contribution in [2.24, 2.45) is 11.8 Å². The number of rotatable bonds is 6. The van der Waals surface area contributed by atoms with Gasteiger partial charge in [-0.3, -0.25) is 4.79 Å². The molecular weight excluding hydrogens is 428 g/mol. The Balaban J connectivity index is 1.60. The van der Waals surface area contributed by atoms with Crippen LogP contribution in [-0.4, -0.2) is 44.3 Å². The van der Waals surface area contributed by atoms with Crippen LogP contribution in [0.2, 0.25) is 0 Å². The van der Waals surface area contributed by atoms with Crippen molar-refractivity contribution in [1.29, 1.82) is 0 Å². The summed E-state index contributed by atoms with van der Waals surface area (Å²) in [5, 5.41) is 2.73. The van der Waals surface area contributed by atoms with Gasteiger partial charge in [0.1, 0.15) is 0 Å². The number of ether oxygens (including phenoxy) is 1. The molecule has 1 heterocycles. The van der Waals surface area contributed by atoms with Crippen molar-refractivity contribution in [3.05, 3.63) is 59.2 Å². The number of hydrogen-bond acceptors (Lipinski definition) is 5. The maximum absolute atomic E-state index is 13.0. The number of nitrogens with one attached hydrogen (secondary N) is 1. The molecule has 0 saturated carbocycles. The second kappa shape index (κ2) is 9.83. The largest absolute Gasteiger partial charge is 0.452 e. The molecule has 0 radical (unpaired) electrons. The van der Waals surface area contributed by atoms with Gasteiger partial charge >= 0.3 is 5.97 Å². The maximum Gasteiger partial charge on any atom is 0.338 e. The van der Waals surface area contributed by atoms with E-state index in [1.165, 1.54) is 28.6 Å². The normalized spacial score (nSPS) is 19.4. The van der Waals surface area contributed by atoms with Gasteiger partial charge in [-0.2, -0.15) is 4.31 Å². The summed E-state index contributed by atoms with van der Waals surface area (Å²) < 4.78 is 32.5. The molecule has 1 amide bonds. The summed E-state index contributed by atoms with van der Waals surface area (Å²) in [6.45, 7) is 8.45. The van der Waals surface area contributed by atoms with Gasteiger partial charge in [-0.05, 0) is 73.6 Å². The SMILES string of the molecule is Cc1ccc(C)c(NC(=O)COC(=O)c2ccc(S(=O)(=O)N3C[C@H](C)C[C@H](C)C3)cc2)c1. The molecule has 172 valence electrons. The van der Waals surface area contributed by atoms with Crippen molar-refractivity contribution < 1.29 is 22.7 Å². The van der Waals surface area contributed by atoms with Crippen LogP contribution in [-0.2, 0) is 19.6 Å². The summed E-state index contributed by atoms with van der Waals surface area (Å²) in [7, 11) is -3.62. The van der Waals surface area contributed by atoms with Crippen molar-refractivity contribution in [1.82, 2.24) is 4.31 Å². The molecule has 0 aromatic heterocycles. The molecule has 1 aliphatic heterocycles. The number of piperidine rings is 1. The van der Waals surface area contributed by atoms with E-state index in [9.17, 15) is 18.0 Å². The third kappa shape index (κ3) is 5.75. The van der Waals surface area contributed by atoms with Gasteiger partial charge in [0.2, 0.25) is 10.0 Å². The minimum absolute atomic E-state index is 0.142. The summed E-state index contributed by atoms with van der Waals surface area (Å²) in [5.74, 6) is -0.528. The molecule has 1 aliphatic rings. The highest BCUT2D eigenvalue weighted by molar-refractivity contribution is 7.89. The first-order valence-corrected chi connectivity index (χ1v) is 12.1. The molecule has 1 saturated heterocycles. The number of aryl methyl sites for hydroxylation is 2. The van der Waals surface area contributed by atoms with Gasteiger partial charge < -0.3 is 10.1 Å². The molecule has 7 nitrogen and oxygen atoms in total. The van der Waals surface area contributed by atoms with E-state index in [-0.39, 0.29) is 10.5 Å². The average Bonchev–Trinajstić information content (AvgIpc) is 2.74. The molecule has 0 aliphatic carbocycles. The molecule has 2 aromatic rings. The standard InChI is InChI=1S/C24H30N2O5S/c1-16-5-6-19(4)22(12-16)25-23(27)15-31-24(28)20-7-9-21(10-8-20)32(29,30)26-13-17(2)11-18(3)14-26/h5-10,12,17-18H,11,13-15H2,1-4H3,(H,25,27)/t17-,18+. The third-order valence-corrected chi connectivity index (χ3v) is 7.41. The number of benzene rings is 2. The lowest BCUT2D eigenvalue weighted by Gasteiger charge is -2.34. The van der Waals surface area contributed by atoms with Crippen molar-refractivity contribution in [2.75, 3.05) is 25.0 Å². The Morgan fingerprint density at radius 2 is 1.66 bits per heavy atom. The van der Waals surface area contributed by atoms with E-state index < -0.39 is 28.5 Å². The highest BCUT2D eigenvalue weighted by atomic mass is 32.2. The Kier molecular flexibility index (Phi) is 7.36. The summed E-state index contributed by atoms with van der Waals surface area (Å²) in [5.41, 5.74) is 2.77. The van der Waals surface area contributed by atoms with Crippen LogP contribution in [0.1, 0.15) is 41.8 Å². The van der Waals surface area contributed by atoms with Gasteiger partial charge in [0.15, 0.2) is 6.61 Å². The molecular formula is C24H30N2O5S. The Labute approximate surface area is 189 Å². The number of sulfonamides is 1. The quantitative estimate of drug-likeness (QED) is 0.666. The molecule has 1 fully saturated rings. The fraction of sp³-hybridized carbons (Fsp3) is 0.417. The van der Waals surface area contributed by atoms with Crippen molar-refractivity contribution >= 4 is 27.6 Å². The molecule has 1 N–H and O–H groups in total. The van der Waals surface area contributed by atoms with Crippen LogP contribution in [0, 0.1) is 25.7 Å². The number of amides is 1. The topological polar surface area (TPSA) is 92.8 Å². The van der Waals surface area contributed by atoms with Crippen LogP contribution >= 0.6 is 0 Å². The Morgan fingerprint density at radius 1 is 1.03 bits per heavy atom. The number of anilines is 1. The number of hydrogen-bond donors (Lipinski definition) is 1. The lowest BCUT2D eigenvalue weighted by molar-refractivity contribution is -0.119. The minimum Gasteiger partial charge on any atom is -0.452 e. The van der Waals surface area contributed by atoms with Gasteiger partial charge in [-0.25, -0.2) is 13.2 Å². The van der Waals surface area contributed by atoms with Crippen LogP contribution in [0.25, 0.3) is 0 Å². The molecule has 2 aromatic carbocycles. The highest BCUT2D eigenvalue weighted by Crippen LogP contribution is 2.27. The van der Waals surface area contributed by atoms with E-state index in [2.05, 4.69) is 5.32 Å².